The lowest BCUT2D eigenvalue weighted by molar-refractivity contribution is -0.140. The SMILES string of the molecule is CN(C(=O)COC1CCC1)C1CCc2ccccc21. The van der Waals surface area contributed by atoms with Crippen LogP contribution in [0.2, 0.25) is 0 Å². The summed E-state index contributed by atoms with van der Waals surface area (Å²) in [7, 11) is 1.90. The first kappa shape index (κ1) is 12.7. The number of rotatable bonds is 4. The highest BCUT2D eigenvalue weighted by Gasteiger charge is 2.29. The lowest BCUT2D eigenvalue weighted by Gasteiger charge is -2.29. The zero-order chi connectivity index (χ0) is 13.2. The number of benzene rings is 1. The van der Waals surface area contributed by atoms with E-state index in [-0.39, 0.29) is 18.6 Å². The maximum absolute atomic E-state index is 12.2. The molecule has 0 aliphatic heterocycles. The zero-order valence-electron chi connectivity index (χ0n) is 11.5. The first-order valence-electron chi connectivity index (χ1n) is 7.21. The summed E-state index contributed by atoms with van der Waals surface area (Å²) in [6.45, 7) is 0.236. The van der Waals surface area contributed by atoms with E-state index in [0.717, 1.165) is 25.7 Å². The largest absolute Gasteiger partial charge is 0.368 e. The van der Waals surface area contributed by atoms with Gasteiger partial charge in [-0.05, 0) is 43.2 Å². The van der Waals surface area contributed by atoms with E-state index in [1.807, 2.05) is 11.9 Å². The van der Waals surface area contributed by atoms with Gasteiger partial charge in [0.15, 0.2) is 0 Å². The maximum Gasteiger partial charge on any atom is 0.248 e. The summed E-state index contributed by atoms with van der Waals surface area (Å²) in [5, 5.41) is 0. The standard InChI is InChI=1S/C16H21NO2/c1-17(16(18)11-19-13-6-4-7-13)15-10-9-12-5-2-3-8-14(12)15/h2-3,5,8,13,15H,4,6-7,9-11H2,1H3. The van der Waals surface area contributed by atoms with Crippen molar-refractivity contribution in [2.45, 2.75) is 44.2 Å². The van der Waals surface area contributed by atoms with Crippen molar-refractivity contribution in [1.82, 2.24) is 4.90 Å². The van der Waals surface area contributed by atoms with Crippen LogP contribution < -0.4 is 0 Å². The summed E-state index contributed by atoms with van der Waals surface area (Å²) in [6, 6.07) is 8.67. The van der Waals surface area contributed by atoms with Gasteiger partial charge in [-0.1, -0.05) is 24.3 Å². The molecule has 1 aromatic rings. The molecule has 2 aliphatic carbocycles. The predicted octanol–water partition coefficient (Wildman–Crippen LogP) is 2.70. The molecule has 102 valence electrons. The van der Waals surface area contributed by atoms with Gasteiger partial charge < -0.3 is 9.64 Å². The Kier molecular flexibility index (Phi) is 3.56. The minimum absolute atomic E-state index is 0.105. The molecule has 0 N–H and O–H groups in total. The van der Waals surface area contributed by atoms with Crippen molar-refractivity contribution in [2.75, 3.05) is 13.7 Å². The monoisotopic (exact) mass is 259 g/mol. The van der Waals surface area contributed by atoms with Crippen LogP contribution >= 0.6 is 0 Å². The van der Waals surface area contributed by atoms with E-state index in [4.69, 9.17) is 4.74 Å². The van der Waals surface area contributed by atoms with Crippen molar-refractivity contribution in [1.29, 1.82) is 0 Å². The van der Waals surface area contributed by atoms with E-state index in [9.17, 15) is 4.79 Å². The molecule has 0 heterocycles. The molecule has 0 bridgehead atoms. The Morgan fingerprint density at radius 2 is 2.11 bits per heavy atom. The normalized spacial score (nSPS) is 21.8. The summed E-state index contributed by atoms with van der Waals surface area (Å²) in [6.07, 6.45) is 5.90. The van der Waals surface area contributed by atoms with Gasteiger partial charge in [-0.3, -0.25) is 4.79 Å². The van der Waals surface area contributed by atoms with Gasteiger partial charge in [-0.15, -0.1) is 0 Å². The van der Waals surface area contributed by atoms with Gasteiger partial charge in [0.1, 0.15) is 6.61 Å². The Labute approximate surface area is 114 Å². The van der Waals surface area contributed by atoms with Crippen LogP contribution in [0.3, 0.4) is 0 Å². The molecule has 19 heavy (non-hydrogen) atoms. The molecule has 0 aromatic heterocycles. The van der Waals surface area contributed by atoms with Crippen LogP contribution in [0.4, 0.5) is 0 Å². The number of hydrogen-bond acceptors (Lipinski definition) is 2. The van der Waals surface area contributed by atoms with Gasteiger partial charge in [0.25, 0.3) is 0 Å². The minimum atomic E-state index is 0.105. The highest BCUT2D eigenvalue weighted by atomic mass is 16.5. The molecule has 1 aromatic carbocycles. The number of hydrogen-bond donors (Lipinski definition) is 0. The third-order valence-electron chi connectivity index (χ3n) is 4.46. The second-order valence-corrected chi connectivity index (χ2v) is 5.62. The maximum atomic E-state index is 12.2. The Balaban J connectivity index is 1.60. The Hall–Kier alpha value is -1.35. The van der Waals surface area contributed by atoms with E-state index >= 15 is 0 Å². The van der Waals surface area contributed by atoms with E-state index in [2.05, 4.69) is 24.3 Å². The van der Waals surface area contributed by atoms with Crippen molar-refractivity contribution in [2.24, 2.45) is 0 Å². The molecule has 0 spiro atoms. The van der Waals surface area contributed by atoms with Crippen molar-refractivity contribution in [3.63, 3.8) is 0 Å². The number of ether oxygens (including phenoxy) is 1. The molecule has 1 saturated carbocycles. The van der Waals surface area contributed by atoms with Crippen molar-refractivity contribution in [3.8, 4) is 0 Å². The zero-order valence-corrected chi connectivity index (χ0v) is 11.5. The van der Waals surface area contributed by atoms with E-state index in [1.165, 1.54) is 17.5 Å². The molecular weight excluding hydrogens is 238 g/mol. The number of likely N-dealkylation sites (N-methyl/N-ethyl adjacent to an activating group) is 1. The highest BCUT2D eigenvalue weighted by Crippen LogP contribution is 2.34. The van der Waals surface area contributed by atoms with E-state index in [1.54, 1.807) is 0 Å². The second kappa shape index (κ2) is 5.33. The molecule has 3 nitrogen and oxygen atoms in total. The molecule has 1 fully saturated rings. The quantitative estimate of drug-likeness (QED) is 0.832. The van der Waals surface area contributed by atoms with Gasteiger partial charge in [0.2, 0.25) is 5.91 Å². The number of aryl methyl sites for hydroxylation is 1. The summed E-state index contributed by atoms with van der Waals surface area (Å²) in [5.74, 6) is 0.105. The summed E-state index contributed by atoms with van der Waals surface area (Å²) >= 11 is 0. The minimum Gasteiger partial charge on any atom is -0.368 e. The number of amides is 1. The van der Waals surface area contributed by atoms with Crippen molar-refractivity contribution < 1.29 is 9.53 Å². The molecule has 1 atom stereocenters. The fourth-order valence-electron chi connectivity index (χ4n) is 2.94. The molecule has 3 heteroatoms. The topological polar surface area (TPSA) is 29.5 Å². The van der Waals surface area contributed by atoms with Crippen LogP contribution in [-0.4, -0.2) is 30.6 Å². The fourth-order valence-corrected chi connectivity index (χ4v) is 2.94. The third-order valence-corrected chi connectivity index (χ3v) is 4.46. The van der Waals surface area contributed by atoms with Crippen LogP contribution in [0, 0.1) is 0 Å². The van der Waals surface area contributed by atoms with Crippen molar-refractivity contribution in [3.05, 3.63) is 35.4 Å². The Bertz CT molecular complexity index is 468. The van der Waals surface area contributed by atoms with Gasteiger partial charge in [0.05, 0.1) is 12.1 Å². The first-order valence-corrected chi connectivity index (χ1v) is 7.21. The third kappa shape index (κ3) is 2.52. The second-order valence-electron chi connectivity index (χ2n) is 5.62. The molecule has 1 unspecified atom stereocenters. The summed E-state index contributed by atoms with van der Waals surface area (Å²) in [5.41, 5.74) is 2.69. The van der Waals surface area contributed by atoms with Gasteiger partial charge in [0, 0.05) is 7.05 Å². The van der Waals surface area contributed by atoms with E-state index in [0.29, 0.717) is 6.10 Å². The Morgan fingerprint density at radius 3 is 2.84 bits per heavy atom. The van der Waals surface area contributed by atoms with Gasteiger partial charge >= 0.3 is 0 Å². The van der Waals surface area contributed by atoms with Crippen LogP contribution in [0.1, 0.15) is 42.9 Å². The molecule has 0 radical (unpaired) electrons. The lowest BCUT2D eigenvalue weighted by Crippen LogP contribution is -2.35. The van der Waals surface area contributed by atoms with E-state index < -0.39 is 0 Å². The van der Waals surface area contributed by atoms with Crippen LogP contribution in [0.25, 0.3) is 0 Å². The predicted molar refractivity (Wildman–Crippen MR) is 73.9 cm³/mol. The first-order chi connectivity index (χ1) is 9.25. The number of carbonyl (C=O) groups excluding carboxylic acids is 1. The lowest BCUT2D eigenvalue weighted by atomic mass is 9.96. The number of nitrogens with zero attached hydrogens (tertiary/aromatic N) is 1. The summed E-state index contributed by atoms with van der Waals surface area (Å²) < 4.78 is 5.62. The van der Waals surface area contributed by atoms with Crippen LogP contribution in [-0.2, 0) is 16.0 Å². The number of fused-ring (bicyclic) bond motifs is 1. The molecule has 0 saturated heterocycles. The van der Waals surface area contributed by atoms with Gasteiger partial charge in [-0.2, -0.15) is 0 Å². The molecular formula is C16H21NO2. The van der Waals surface area contributed by atoms with Crippen LogP contribution in [0.15, 0.2) is 24.3 Å². The highest BCUT2D eigenvalue weighted by molar-refractivity contribution is 5.78. The van der Waals surface area contributed by atoms with Crippen molar-refractivity contribution >= 4 is 5.91 Å². The van der Waals surface area contributed by atoms with Crippen LogP contribution in [0.5, 0.6) is 0 Å². The number of carbonyl (C=O) groups is 1. The Morgan fingerprint density at radius 1 is 1.32 bits per heavy atom. The fraction of sp³-hybridized carbons (Fsp3) is 0.562. The van der Waals surface area contributed by atoms with Gasteiger partial charge in [-0.25, -0.2) is 0 Å². The average molecular weight is 259 g/mol. The summed E-state index contributed by atoms with van der Waals surface area (Å²) in [4.78, 5) is 14.1. The average Bonchev–Trinajstić information content (AvgIpc) is 2.79. The molecule has 1 amide bonds. The molecule has 3 rings (SSSR count). The smallest absolute Gasteiger partial charge is 0.248 e. The molecule has 2 aliphatic rings.